The summed E-state index contributed by atoms with van der Waals surface area (Å²) >= 11 is 1.69. The Bertz CT molecular complexity index is 707. The third kappa shape index (κ3) is 4.93. The quantitative estimate of drug-likeness (QED) is 0.760. The van der Waals surface area contributed by atoms with Gasteiger partial charge in [0, 0.05) is 56.1 Å². The van der Waals surface area contributed by atoms with E-state index in [0.717, 1.165) is 41.9 Å². The predicted molar refractivity (Wildman–Crippen MR) is 106 cm³/mol. The van der Waals surface area contributed by atoms with Gasteiger partial charge in [-0.25, -0.2) is 4.98 Å². The van der Waals surface area contributed by atoms with Crippen LogP contribution in [0.3, 0.4) is 0 Å². The molecule has 0 bridgehead atoms. The first-order valence-corrected chi connectivity index (χ1v) is 9.42. The number of imidazole rings is 1. The molecule has 1 aromatic carbocycles. The Balaban J connectivity index is 0.00000243. The van der Waals surface area contributed by atoms with Gasteiger partial charge in [0.1, 0.15) is 17.6 Å². The summed E-state index contributed by atoms with van der Waals surface area (Å²) in [7, 11) is 3.63. The summed E-state index contributed by atoms with van der Waals surface area (Å²) in [6, 6.07) is 7.94. The summed E-state index contributed by atoms with van der Waals surface area (Å²) in [5, 5.41) is 3.36. The lowest BCUT2D eigenvalue weighted by Gasteiger charge is -2.35. The van der Waals surface area contributed by atoms with Crippen LogP contribution >= 0.6 is 24.2 Å². The van der Waals surface area contributed by atoms with Gasteiger partial charge >= 0.3 is 0 Å². The van der Waals surface area contributed by atoms with Crippen LogP contribution in [0.5, 0.6) is 5.75 Å². The molecule has 1 aliphatic heterocycles. The van der Waals surface area contributed by atoms with E-state index in [2.05, 4.69) is 10.3 Å². The van der Waals surface area contributed by atoms with Gasteiger partial charge in [0.15, 0.2) is 0 Å². The van der Waals surface area contributed by atoms with Crippen LogP contribution in [-0.2, 0) is 11.8 Å². The molecule has 0 spiro atoms. The van der Waals surface area contributed by atoms with Crippen molar-refractivity contribution < 1.29 is 9.53 Å². The second kappa shape index (κ2) is 9.85. The second-order valence-electron chi connectivity index (χ2n) is 5.98. The van der Waals surface area contributed by atoms with E-state index in [1.54, 1.807) is 25.1 Å². The molecule has 142 valence electrons. The molecule has 1 aromatic heterocycles. The van der Waals surface area contributed by atoms with Crippen LogP contribution in [-0.4, -0.2) is 52.9 Å². The fourth-order valence-electron chi connectivity index (χ4n) is 3.00. The maximum atomic E-state index is 12.7. The summed E-state index contributed by atoms with van der Waals surface area (Å²) in [5.41, 5.74) is 0. The highest BCUT2D eigenvalue weighted by molar-refractivity contribution is 7.99. The second-order valence-corrected chi connectivity index (χ2v) is 7.15. The number of hydrogen-bond donors (Lipinski definition) is 1. The van der Waals surface area contributed by atoms with Crippen LogP contribution < -0.4 is 10.1 Å². The number of methoxy groups -OCH3 is 1. The number of carbonyl (C=O) groups is 1. The van der Waals surface area contributed by atoms with Gasteiger partial charge in [-0.3, -0.25) is 4.79 Å². The fourth-order valence-corrected chi connectivity index (χ4v) is 3.84. The Kier molecular flexibility index (Phi) is 7.81. The molecule has 1 atom stereocenters. The normalized spacial score (nSPS) is 16.8. The molecule has 0 radical (unpaired) electrons. The summed E-state index contributed by atoms with van der Waals surface area (Å²) in [4.78, 5) is 20.3. The van der Waals surface area contributed by atoms with E-state index in [1.807, 2.05) is 47.0 Å². The van der Waals surface area contributed by atoms with E-state index in [0.29, 0.717) is 6.42 Å². The van der Waals surface area contributed by atoms with Crippen molar-refractivity contribution in [3.63, 3.8) is 0 Å². The average Bonchev–Trinajstić information content (AvgIpc) is 3.08. The Morgan fingerprint density at radius 1 is 1.38 bits per heavy atom. The summed E-state index contributed by atoms with van der Waals surface area (Å²) in [5.74, 6) is 2.74. The van der Waals surface area contributed by atoms with Gasteiger partial charge in [-0.1, -0.05) is 0 Å². The summed E-state index contributed by atoms with van der Waals surface area (Å²) in [6.45, 7) is 2.31. The molecule has 1 fully saturated rings. The number of carbonyl (C=O) groups excluding carboxylic acids is 1. The topological polar surface area (TPSA) is 59.4 Å². The molecule has 2 heterocycles. The monoisotopic (exact) mass is 396 g/mol. The molecular formula is C18H25ClN4O2S. The van der Waals surface area contributed by atoms with Gasteiger partial charge in [0.05, 0.1) is 7.11 Å². The molecule has 3 rings (SSSR count). The molecular weight excluding hydrogens is 372 g/mol. The third-order valence-electron chi connectivity index (χ3n) is 4.36. The largest absolute Gasteiger partial charge is 0.497 e. The summed E-state index contributed by atoms with van der Waals surface area (Å²) < 4.78 is 7.15. The van der Waals surface area contributed by atoms with Gasteiger partial charge in [-0.2, -0.15) is 0 Å². The van der Waals surface area contributed by atoms with Gasteiger partial charge < -0.3 is 19.5 Å². The van der Waals surface area contributed by atoms with Crippen molar-refractivity contribution in [3.8, 4) is 5.75 Å². The molecule has 26 heavy (non-hydrogen) atoms. The first kappa shape index (κ1) is 20.6. The van der Waals surface area contributed by atoms with Crippen molar-refractivity contribution in [1.82, 2.24) is 19.8 Å². The Morgan fingerprint density at radius 2 is 2.15 bits per heavy atom. The molecule has 1 N–H and O–H groups in total. The lowest BCUT2D eigenvalue weighted by atomic mass is 10.1. The molecule has 6 nitrogen and oxygen atoms in total. The van der Waals surface area contributed by atoms with E-state index >= 15 is 0 Å². The predicted octanol–water partition coefficient (Wildman–Crippen LogP) is 2.51. The number of thioether (sulfide) groups is 1. The Labute approximate surface area is 164 Å². The minimum atomic E-state index is 0. The number of hydrogen-bond acceptors (Lipinski definition) is 5. The zero-order valence-electron chi connectivity index (χ0n) is 15.1. The van der Waals surface area contributed by atoms with Crippen LogP contribution in [0.2, 0.25) is 0 Å². The summed E-state index contributed by atoms with van der Waals surface area (Å²) in [6.07, 6.45) is 4.23. The van der Waals surface area contributed by atoms with Crippen molar-refractivity contribution in [2.75, 3.05) is 32.5 Å². The van der Waals surface area contributed by atoms with Gasteiger partial charge in [0.2, 0.25) is 5.91 Å². The van der Waals surface area contributed by atoms with E-state index in [1.165, 1.54) is 0 Å². The van der Waals surface area contributed by atoms with Crippen LogP contribution in [0.4, 0.5) is 0 Å². The average molecular weight is 397 g/mol. The minimum Gasteiger partial charge on any atom is -0.497 e. The standard InChI is InChI=1S/C18H24N4O2S.ClH/c1-21-10-9-20-18(21)16-13-19-8-11-22(16)17(23)7-12-25-15-5-3-14(24-2)4-6-15;/h3-6,9-10,16,19H,7-8,11-13H2,1-2H3;1H. The highest BCUT2D eigenvalue weighted by atomic mass is 35.5. The third-order valence-corrected chi connectivity index (χ3v) is 5.38. The van der Waals surface area contributed by atoms with Crippen molar-refractivity contribution in [2.45, 2.75) is 17.4 Å². The molecule has 1 amide bonds. The first-order valence-electron chi connectivity index (χ1n) is 8.43. The molecule has 2 aromatic rings. The highest BCUT2D eigenvalue weighted by Crippen LogP contribution is 2.24. The minimum absolute atomic E-state index is 0. The lowest BCUT2D eigenvalue weighted by molar-refractivity contribution is -0.134. The maximum Gasteiger partial charge on any atom is 0.224 e. The van der Waals surface area contributed by atoms with Gasteiger partial charge in [-0.05, 0) is 24.3 Å². The van der Waals surface area contributed by atoms with Crippen LogP contribution in [0.1, 0.15) is 18.3 Å². The van der Waals surface area contributed by atoms with Crippen LogP contribution in [0.25, 0.3) is 0 Å². The highest BCUT2D eigenvalue weighted by Gasteiger charge is 2.29. The fraction of sp³-hybridized carbons (Fsp3) is 0.444. The van der Waals surface area contributed by atoms with Crippen LogP contribution in [0, 0.1) is 0 Å². The zero-order chi connectivity index (χ0) is 17.6. The molecule has 1 unspecified atom stereocenters. The molecule has 1 aliphatic rings. The number of nitrogens with one attached hydrogen (secondary N) is 1. The zero-order valence-corrected chi connectivity index (χ0v) is 16.7. The van der Waals surface area contributed by atoms with Crippen molar-refractivity contribution >= 4 is 30.1 Å². The SMILES string of the molecule is COc1ccc(SCCC(=O)N2CCNCC2c2nccn2C)cc1.Cl. The van der Waals surface area contributed by atoms with E-state index in [9.17, 15) is 4.79 Å². The number of aryl methyl sites for hydroxylation is 1. The molecule has 8 heteroatoms. The molecule has 0 saturated carbocycles. The van der Waals surface area contributed by atoms with Crippen molar-refractivity contribution in [2.24, 2.45) is 7.05 Å². The number of piperazine rings is 1. The number of benzene rings is 1. The van der Waals surface area contributed by atoms with E-state index in [-0.39, 0.29) is 24.4 Å². The van der Waals surface area contributed by atoms with Crippen molar-refractivity contribution in [1.29, 1.82) is 0 Å². The number of rotatable bonds is 6. The number of ether oxygens (including phenoxy) is 1. The number of amides is 1. The maximum absolute atomic E-state index is 12.7. The van der Waals surface area contributed by atoms with Gasteiger partial charge in [0.25, 0.3) is 0 Å². The lowest BCUT2D eigenvalue weighted by Crippen LogP contribution is -2.49. The molecule has 1 saturated heterocycles. The number of halogens is 1. The number of aromatic nitrogens is 2. The molecule has 0 aliphatic carbocycles. The van der Waals surface area contributed by atoms with Crippen molar-refractivity contribution in [3.05, 3.63) is 42.5 Å². The van der Waals surface area contributed by atoms with E-state index < -0.39 is 0 Å². The Hall–Kier alpha value is -1.70. The first-order chi connectivity index (χ1) is 12.2. The van der Waals surface area contributed by atoms with E-state index in [4.69, 9.17) is 4.74 Å². The number of nitrogens with zero attached hydrogens (tertiary/aromatic N) is 3. The Morgan fingerprint density at radius 3 is 2.81 bits per heavy atom. The van der Waals surface area contributed by atoms with Gasteiger partial charge in [-0.15, -0.1) is 24.2 Å². The smallest absolute Gasteiger partial charge is 0.224 e. The van der Waals surface area contributed by atoms with Crippen LogP contribution in [0.15, 0.2) is 41.6 Å².